The Morgan fingerprint density at radius 2 is 1.49 bits per heavy atom. The molecule has 0 aliphatic carbocycles. The van der Waals surface area contributed by atoms with Crippen molar-refractivity contribution in [2.75, 3.05) is 24.5 Å². The number of anilines is 1. The van der Waals surface area contributed by atoms with Crippen LogP contribution in [0.25, 0.3) is 6.08 Å². The molecule has 2 heterocycles. The molecule has 2 aliphatic heterocycles. The molecule has 0 spiro atoms. The van der Waals surface area contributed by atoms with E-state index < -0.39 is 5.97 Å². The summed E-state index contributed by atoms with van der Waals surface area (Å²) in [6, 6.07) is 6.37. The number of aliphatic carboxylic acids is 1. The van der Waals surface area contributed by atoms with E-state index in [2.05, 4.69) is 30.0 Å². The summed E-state index contributed by atoms with van der Waals surface area (Å²) >= 11 is 6.37. The Hall–Kier alpha value is -1.86. The molecule has 0 atom stereocenters. The number of carbonyl (C=O) groups is 2. The average molecular weight is 573 g/mol. The Labute approximate surface area is 245 Å². The Balaban J connectivity index is 1.25. The second-order valence-electron chi connectivity index (χ2n) is 11.1. The number of rotatable bonds is 20. The molecule has 0 bridgehead atoms. The number of carbonyl (C=O) groups excluding carboxylic acids is 1. The first-order chi connectivity index (χ1) is 19.0. The zero-order chi connectivity index (χ0) is 27.9. The van der Waals surface area contributed by atoms with Gasteiger partial charge in [0.05, 0.1) is 4.91 Å². The van der Waals surface area contributed by atoms with E-state index >= 15 is 0 Å². The second kappa shape index (κ2) is 17.8. The van der Waals surface area contributed by atoms with Crippen molar-refractivity contribution in [1.29, 1.82) is 0 Å². The molecule has 2 aliphatic rings. The highest BCUT2D eigenvalue weighted by Gasteiger charge is 2.33. The Kier molecular flexibility index (Phi) is 14.4. The first-order valence-electron chi connectivity index (χ1n) is 15.3. The summed E-state index contributed by atoms with van der Waals surface area (Å²) < 4.78 is 0.305. The van der Waals surface area contributed by atoms with Crippen LogP contribution in [0.5, 0.6) is 0 Å². The number of hydrogen-bond donors (Lipinski definition) is 1. The third kappa shape index (κ3) is 10.9. The van der Waals surface area contributed by atoms with E-state index in [0.717, 1.165) is 30.0 Å². The summed E-state index contributed by atoms with van der Waals surface area (Å²) in [4.78, 5) is 27.7. The standard InChI is InChI=1S/C32H48N2O3S2/c1-2-3-4-5-6-7-8-9-10-11-12-13-14-15-16-17-21-33-22-20-27-23-26(18-19-28(27)33)24-29-31(37)34(25-30(35)36)32(38)39-29/h18-19,23-24H,2-17,20-22,25H2,1H3,(H,35,36)/b29-24-. The fraction of sp³-hybridized carbons (Fsp3) is 0.656. The van der Waals surface area contributed by atoms with E-state index in [1.54, 1.807) is 0 Å². The number of benzene rings is 1. The highest BCUT2D eigenvalue weighted by atomic mass is 32.2. The molecule has 0 radical (unpaired) electrons. The van der Waals surface area contributed by atoms with E-state index in [9.17, 15) is 9.59 Å². The molecule has 7 heteroatoms. The van der Waals surface area contributed by atoms with Crippen molar-refractivity contribution in [2.24, 2.45) is 0 Å². The maximum absolute atomic E-state index is 12.5. The van der Waals surface area contributed by atoms with Crippen molar-refractivity contribution >= 4 is 51.9 Å². The predicted molar refractivity (Wildman–Crippen MR) is 169 cm³/mol. The van der Waals surface area contributed by atoms with Crippen molar-refractivity contribution in [3.05, 3.63) is 34.2 Å². The number of amides is 1. The van der Waals surface area contributed by atoms with E-state index in [1.165, 1.54) is 126 Å². The number of unbranched alkanes of at least 4 members (excludes halogenated alkanes) is 15. The number of thioether (sulfide) groups is 1. The van der Waals surface area contributed by atoms with Crippen LogP contribution < -0.4 is 4.90 Å². The smallest absolute Gasteiger partial charge is 0.323 e. The van der Waals surface area contributed by atoms with Crippen LogP contribution in [0.1, 0.15) is 121 Å². The first-order valence-corrected chi connectivity index (χ1v) is 16.6. The minimum Gasteiger partial charge on any atom is -0.480 e. The summed E-state index contributed by atoms with van der Waals surface area (Å²) in [7, 11) is 0. The molecule has 5 nitrogen and oxygen atoms in total. The molecule has 216 valence electrons. The molecular weight excluding hydrogens is 524 g/mol. The second-order valence-corrected chi connectivity index (χ2v) is 12.8. The number of thiocarbonyl (C=S) groups is 1. The third-order valence-electron chi connectivity index (χ3n) is 7.84. The van der Waals surface area contributed by atoms with Gasteiger partial charge in [-0.05, 0) is 42.2 Å². The van der Waals surface area contributed by atoms with Crippen LogP contribution in [-0.2, 0) is 16.0 Å². The van der Waals surface area contributed by atoms with Crippen molar-refractivity contribution in [2.45, 2.75) is 116 Å². The molecule has 0 aromatic heterocycles. The topological polar surface area (TPSA) is 60.9 Å². The molecule has 1 aromatic rings. The number of carboxylic acid groups (broad SMARTS) is 1. The highest BCUT2D eigenvalue weighted by Crippen LogP contribution is 2.34. The molecule has 1 amide bonds. The summed E-state index contributed by atoms with van der Waals surface area (Å²) in [6.07, 6.45) is 25.1. The number of fused-ring (bicyclic) bond motifs is 1. The molecule has 0 unspecified atom stereocenters. The normalized spacial score (nSPS) is 16.1. The van der Waals surface area contributed by atoms with Crippen LogP contribution in [-0.4, -0.2) is 45.8 Å². The van der Waals surface area contributed by atoms with Gasteiger partial charge in [-0.1, -0.05) is 133 Å². The SMILES string of the molecule is CCCCCCCCCCCCCCCCCCN1CCc2cc(/C=C3\SC(=S)N(CC(=O)O)C3=O)ccc21. The van der Waals surface area contributed by atoms with Gasteiger partial charge in [0.2, 0.25) is 0 Å². The van der Waals surface area contributed by atoms with E-state index in [4.69, 9.17) is 17.3 Å². The lowest BCUT2D eigenvalue weighted by Crippen LogP contribution is -2.33. The Morgan fingerprint density at radius 1 is 0.923 bits per heavy atom. The molecular formula is C32H48N2O3S2. The van der Waals surface area contributed by atoms with Gasteiger partial charge >= 0.3 is 5.97 Å². The van der Waals surface area contributed by atoms with Gasteiger partial charge in [-0.3, -0.25) is 14.5 Å². The largest absolute Gasteiger partial charge is 0.480 e. The van der Waals surface area contributed by atoms with Crippen LogP contribution in [0.3, 0.4) is 0 Å². The zero-order valence-electron chi connectivity index (χ0n) is 23.9. The third-order valence-corrected chi connectivity index (χ3v) is 9.22. The zero-order valence-corrected chi connectivity index (χ0v) is 25.6. The van der Waals surface area contributed by atoms with E-state index in [0.29, 0.717) is 9.23 Å². The molecule has 3 rings (SSSR count). The fourth-order valence-corrected chi connectivity index (χ4v) is 6.84. The molecule has 1 saturated heterocycles. The average Bonchev–Trinajstić information content (AvgIpc) is 3.43. The van der Waals surface area contributed by atoms with Gasteiger partial charge in [0.15, 0.2) is 0 Å². The Bertz CT molecular complexity index is 978. The van der Waals surface area contributed by atoms with Gasteiger partial charge in [-0.2, -0.15) is 0 Å². The van der Waals surface area contributed by atoms with Crippen LogP contribution in [0, 0.1) is 0 Å². The van der Waals surface area contributed by atoms with E-state index in [1.807, 2.05) is 6.08 Å². The van der Waals surface area contributed by atoms with Gasteiger partial charge in [0.25, 0.3) is 5.91 Å². The molecule has 1 N–H and O–H groups in total. The van der Waals surface area contributed by atoms with Crippen molar-refractivity contribution < 1.29 is 14.7 Å². The lowest BCUT2D eigenvalue weighted by Gasteiger charge is -2.19. The maximum atomic E-state index is 12.5. The first kappa shape index (κ1) is 31.7. The summed E-state index contributed by atoms with van der Waals surface area (Å²) in [5.74, 6) is -1.38. The molecule has 1 aromatic carbocycles. The van der Waals surface area contributed by atoms with Crippen molar-refractivity contribution in [3.63, 3.8) is 0 Å². The fourth-order valence-electron chi connectivity index (χ4n) is 5.59. The van der Waals surface area contributed by atoms with Crippen molar-refractivity contribution in [1.82, 2.24) is 4.90 Å². The summed E-state index contributed by atoms with van der Waals surface area (Å²) in [5.41, 5.74) is 3.60. The monoisotopic (exact) mass is 572 g/mol. The van der Waals surface area contributed by atoms with Crippen LogP contribution in [0.15, 0.2) is 23.1 Å². The molecule has 0 saturated carbocycles. The van der Waals surface area contributed by atoms with Gasteiger partial charge < -0.3 is 10.0 Å². The maximum Gasteiger partial charge on any atom is 0.323 e. The van der Waals surface area contributed by atoms with Crippen molar-refractivity contribution in [3.8, 4) is 0 Å². The number of carboxylic acids is 1. The summed E-state index contributed by atoms with van der Waals surface area (Å²) in [6.45, 7) is 4.06. The minimum atomic E-state index is -1.06. The quantitative estimate of drug-likeness (QED) is 0.0959. The summed E-state index contributed by atoms with van der Waals surface area (Å²) in [5, 5.41) is 9.02. The minimum absolute atomic E-state index is 0.305. The van der Waals surface area contributed by atoms with Gasteiger partial charge in [0.1, 0.15) is 10.9 Å². The lowest BCUT2D eigenvalue weighted by atomic mass is 10.0. The van der Waals surface area contributed by atoms with Gasteiger partial charge in [-0.15, -0.1) is 0 Å². The Morgan fingerprint density at radius 3 is 2.05 bits per heavy atom. The van der Waals surface area contributed by atoms with Crippen LogP contribution in [0.2, 0.25) is 0 Å². The number of hydrogen-bond acceptors (Lipinski definition) is 5. The van der Waals surface area contributed by atoms with Crippen LogP contribution >= 0.6 is 24.0 Å². The van der Waals surface area contributed by atoms with E-state index in [-0.39, 0.29) is 12.5 Å². The number of nitrogens with zero attached hydrogens (tertiary/aromatic N) is 2. The van der Waals surface area contributed by atoms with Gasteiger partial charge in [0, 0.05) is 18.8 Å². The molecule has 1 fully saturated rings. The lowest BCUT2D eigenvalue weighted by molar-refractivity contribution is -0.140. The van der Waals surface area contributed by atoms with Crippen LogP contribution in [0.4, 0.5) is 5.69 Å². The predicted octanol–water partition coefficient (Wildman–Crippen LogP) is 8.60. The highest BCUT2D eigenvalue weighted by molar-refractivity contribution is 8.26. The van der Waals surface area contributed by atoms with Gasteiger partial charge in [-0.25, -0.2) is 0 Å². The molecule has 39 heavy (non-hydrogen) atoms.